The maximum Gasteiger partial charge on any atom is 0.251 e. The van der Waals surface area contributed by atoms with Crippen LogP contribution in [0.25, 0.3) is 0 Å². The highest BCUT2D eigenvalue weighted by molar-refractivity contribution is 7.89. The van der Waals surface area contributed by atoms with Crippen LogP contribution in [0.1, 0.15) is 41.6 Å². The summed E-state index contributed by atoms with van der Waals surface area (Å²) in [6.07, 6.45) is 2.56. The largest absolute Gasteiger partial charge is 0.393 e. The second-order valence-corrected chi connectivity index (χ2v) is 8.39. The number of carbonyl (C=O) groups excluding carboxylic acids is 1. The summed E-state index contributed by atoms with van der Waals surface area (Å²) < 4.78 is 25.5. The number of rotatable bonds is 4. The Hall–Kier alpha value is -1.44. The fourth-order valence-electron chi connectivity index (χ4n) is 2.70. The van der Waals surface area contributed by atoms with Crippen LogP contribution in [0.2, 0.25) is 0 Å². The lowest BCUT2D eigenvalue weighted by molar-refractivity contribution is 0.0867. The van der Waals surface area contributed by atoms with E-state index in [0.29, 0.717) is 18.4 Å². The first-order valence-corrected chi connectivity index (χ1v) is 9.18. The molecule has 23 heavy (non-hydrogen) atoms. The molecule has 7 heteroatoms. The van der Waals surface area contributed by atoms with Gasteiger partial charge in [-0.05, 0) is 50.3 Å². The first-order valence-electron chi connectivity index (χ1n) is 7.74. The third-order valence-electron chi connectivity index (χ3n) is 4.26. The number of nitrogens with zero attached hydrogens (tertiary/aromatic N) is 1. The van der Waals surface area contributed by atoms with Gasteiger partial charge in [-0.25, -0.2) is 12.7 Å². The molecule has 1 saturated carbocycles. The molecule has 2 rings (SSSR count). The third kappa shape index (κ3) is 4.10. The van der Waals surface area contributed by atoms with Gasteiger partial charge in [-0.3, -0.25) is 4.79 Å². The van der Waals surface area contributed by atoms with Gasteiger partial charge in [0.1, 0.15) is 0 Å². The Morgan fingerprint density at radius 3 is 2.39 bits per heavy atom. The summed E-state index contributed by atoms with van der Waals surface area (Å²) in [6.45, 7) is 1.78. The minimum Gasteiger partial charge on any atom is -0.393 e. The summed E-state index contributed by atoms with van der Waals surface area (Å²) in [5.41, 5.74) is 1.11. The third-order valence-corrected chi connectivity index (χ3v) is 6.08. The Morgan fingerprint density at radius 1 is 1.22 bits per heavy atom. The molecule has 1 aliphatic carbocycles. The molecule has 1 fully saturated rings. The predicted molar refractivity (Wildman–Crippen MR) is 87.8 cm³/mol. The van der Waals surface area contributed by atoms with Crippen molar-refractivity contribution in [1.29, 1.82) is 0 Å². The fraction of sp³-hybridized carbons (Fsp3) is 0.562. The molecular weight excluding hydrogens is 316 g/mol. The SMILES string of the molecule is Cc1ccc(S(=O)(=O)N(C)C)cc1C(=O)NC1CCC(O)CC1. The predicted octanol–water partition coefficient (Wildman–Crippen LogP) is 1.28. The lowest BCUT2D eigenvalue weighted by Gasteiger charge is -2.26. The van der Waals surface area contributed by atoms with Crippen LogP contribution in [0, 0.1) is 6.92 Å². The number of benzene rings is 1. The Bertz CT molecular complexity index is 677. The molecule has 1 amide bonds. The van der Waals surface area contributed by atoms with Gasteiger partial charge in [0.15, 0.2) is 0 Å². The molecule has 0 atom stereocenters. The minimum absolute atomic E-state index is 0.0272. The lowest BCUT2D eigenvalue weighted by atomic mass is 9.93. The van der Waals surface area contributed by atoms with E-state index in [9.17, 15) is 18.3 Å². The number of sulfonamides is 1. The van der Waals surface area contributed by atoms with E-state index in [1.54, 1.807) is 13.0 Å². The van der Waals surface area contributed by atoms with Crippen molar-refractivity contribution in [2.75, 3.05) is 14.1 Å². The molecule has 1 aromatic rings. The smallest absolute Gasteiger partial charge is 0.251 e. The molecule has 6 nitrogen and oxygen atoms in total. The number of carbonyl (C=O) groups is 1. The van der Waals surface area contributed by atoms with E-state index in [0.717, 1.165) is 22.7 Å². The van der Waals surface area contributed by atoms with Gasteiger partial charge in [-0.1, -0.05) is 6.07 Å². The van der Waals surface area contributed by atoms with E-state index >= 15 is 0 Å². The number of aliphatic hydroxyl groups excluding tert-OH is 1. The molecule has 128 valence electrons. The van der Waals surface area contributed by atoms with Crippen molar-refractivity contribution in [3.8, 4) is 0 Å². The minimum atomic E-state index is -3.57. The topological polar surface area (TPSA) is 86.7 Å². The molecule has 0 aliphatic heterocycles. The van der Waals surface area contributed by atoms with Crippen molar-refractivity contribution in [2.24, 2.45) is 0 Å². The van der Waals surface area contributed by atoms with Crippen LogP contribution in [0.15, 0.2) is 23.1 Å². The normalized spacial score (nSPS) is 22.1. The van der Waals surface area contributed by atoms with Crippen molar-refractivity contribution in [2.45, 2.75) is 49.6 Å². The number of amides is 1. The molecular formula is C16H24N2O4S. The second kappa shape index (κ2) is 6.98. The van der Waals surface area contributed by atoms with E-state index in [-0.39, 0.29) is 22.9 Å². The average Bonchev–Trinajstić information content (AvgIpc) is 2.49. The van der Waals surface area contributed by atoms with E-state index in [1.807, 2.05) is 0 Å². The fourth-order valence-corrected chi connectivity index (χ4v) is 3.63. The van der Waals surface area contributed by atoms with Crippen LogP contribution in [-0.2, 0) is 10.0 Å². The van der Waals surface area contributed by atoms with Crippen LogP contribution in [0.3, 0.4) is 0 Å². The van der Waals surface area contributed by atoms with Crippen LogP contribution in [-0.4, -0.2) is 50.0 Å². The molecule has 0 heterocycles. The van der Waals surface area contributed by atoms with Gasteiger partial charge >= 0.3 is 0 Å². The molecule has 0 radical (unpaired) electrons. The summed E-state index contributed by atoms with van der Waals surface area (Å²) in [7, 11) is -0.649. The van der Waals surface area contributed by atoms with Crippen LogP contribution in [0.5, 0.6) is 0 Å². The lowest BCUT2D eigenvalue weighted by Crippen LogP contribution is -2.39. The van der Waals surface area contributed by atoms with E-state index in [2.05, 4.69) is 5.32 Å². The second-order valence-electron chi connectivity index (χ2n) is 6.24. The zero-order valence-electron chi connectivity index (χ0n) is 13.7. The Kier molecular flexibility index (Phi) is 5.44. The highest BCUT2D eigenvalue weighted by atomic mass is 32.2. The molecule has 0 spiro atoms. The summed E-state index contributed by atoms with van der Waals surface area (Å²) in [5.74, 6) is -0.264. The molecule has 1 aromatic carbocycles. The molecule has 0 aromatic heterocycles. The van der Waals surface area contributed by atoms with Crippen molar-refractivity contribution in [3.05, 3.63) is 29.3 Å². The van der Waals surface area contributed by atoms with Crippen molar-refractivity contribution in [1.82, 2.24) is 9.62 Å². The van der Waals surface area contributed by atoms with Crippen LogP contribution in [0.4, 0.5) is 0 Å². The van der Waals surface area contributed by atoms with Crippen LogP contribution >= 0.6 is 0 Å². The van der Waals surface area contributed by atoms with Crippen molar-refractivity contribution < 1.29 is 18.3 Å². The summed E-state index contributed by atoms with van der Waals surface area (Å²) in [6, 6.07) is 4.62. The van der Waals surface area contributed by atoms with Gasteiger partial charge in [0.25, 0.3) is 5.91 Å². The monoisotopic (exact) mass is 340 g/mol. The van der Waals surface area contributed by atoms with Gasteiger partial charge in [0, 0.05) is 25.7 Å². The Morgan fingerprint density at radius 2 is 1.83 bits per heavy atom. The number of hydrogen-bond acceptors (Lipinski definition) is 4. The molecule has 2 N–H and O–H groups in total. The molecule has 0 unspecified atom stereocenters. The maximum absolute atomic E-state index is 12.5. The molecule has 0 saturated heterocycles. The van der Waals surface area contributed by atoms with E-state index in [4.69, 9.17) is 0 Å². The van der Waals surface area contributed by atoms with Gasteiger partial charge < -0.3 is 10.4 Å². The van der Waals surface area contributed by atoms with Crippen molar-refractivity contribution in [3.63, 3.8) is 0 Å². The summed E-state index contributed by atoms with van der Waals surface area (Å²) in [4.78, 5) is 12.6. The van der Waals surface area contributed by atoms with Gasteiger partial charge in [-0.2, -0.15) is 0 Å². The first kappa shape index (κ1) is 17.9. The Labute approximate surface area is 137 Å². The number of aryl methyl sites for hydroxylation is 1. The maximum atomic E-state index is 12.5. The van der Waals surface area contributed by atoms with Gasteiger partial charge in [-0.15, -0.1) is 0 Å². The first-order chi connectivity index (χ1) is 10.7. The van der Waals surface area contributed by atoms with Crippen molar-refractivity contribution >= 4 is 15.9 Å². The standard InChI is InChI=1S/C16H24N2O4S/c1-11-4-9-14(23(21,22)18(2)3)10-15(11)16(20)17-12-5-7-13(19)8-6-12/h4,9-10,12-13,19H,5-8H2,1-3H3,(H,17,20). The number of nitrogens with one attached hydrogen (secondary N) is 1. The zero-order valence-corrected chi connectivity index (χ0v) is 14.6. The van der Waals surface area contributed by atoms with E-state index in [1.165, 1.54) is 26.2 Å². The Balaban J connectivity index is 2.20. The highest BCUT2D eigenvalue weighted by Gasteiger charge is 2.24. The summed E-state index contributed by atoms with van der Waals surface area (Å²) in [5, 5.41) is 12.5. The average molecular weight is 340 g/mol. The van der Waals surface area contributed by atoms with Gasteiger partial charge in [0.2, 0.25) is 10.0 Å². The van der Waals surface area contributed by atoms with Crippen LogP contribution < -0.4 is 5.32 Å². The number of aliphatic hydroxyl groups is 1. The molecule has 1 aliphatic rings. The summed E-state index contributed by atoms with van der Waals surface area (Å²) >= 11 is 0. The number of hydrogen-bond donors (Lipinski definition) is 2. The quantitative estimate of drug-likeness (QED) is 0.864. The zero-order chi connectivity index (χ0) is 17.2. The van der Waals surface area contributed by atoms with Gasteiger partial charge in [0.05, 0.1) is 11.0 Å². The highest BCUT2D eigenvalue weighted by Crippen LogP contribution is 2.21. The van der Waals surface area contributed by atoms with E-state index < -0.39 is 10.0 Å². The molecule has 0 bridgehead atoms.